The van der Waals surface area contributed by atoms with Gasteiger partial charge in [0, 0.05) is 50.8 Å². The molecule has 17 heavy (non-hydrogen) atoms. The van der Waals surface area contributed by atoms with E-state index in [1.165, 1.54) is 6.42 Å². The minimum Gasteiger partial charge on any atom is -0.384 e. The molecule has 0 spiro atoms. The Morgan fingerprint density at radius 1 is 1.18 bits per heavy atom. The zero-order chi connectivity index (χ0) is 11.7. The third-order valence-corrected chi connectivity index (χ3v) is 4.54. The van der Waals surface area contributed by atoms with E-state index < -0.39 is 0 Å². The fraction of sp³-hybridized carbons (Fsp3) is 1.00. The summed E-state index contributed by atoms with van der Waals surface area (Å²) in [5.41, 5.74) is 0. The molecule has 98 valence electrons. The number of methoxy groups -OCH3 is 1. The van der Waals surface area contributed by atoms with Crippen LogP contribution in [0.25, 0.3) is 0 Å². The first-order valence-electron chi connectivity index (χ1n) is 6.84. The summed E-state index contributed by atoms with van der Waals surface area (Å²) >= 11 is 0. The second-order valence-electron chi connectivity index (χ2n) is 5.49. The van der Waals surface area contributed by atoms with E-state index >= 15 is 0 Å². The SMILES string of the molecule is COC[C@@H]1[C@H](NC2CCOCC2)[C@@H]2CCO[C@H]12. The van der Waals surface area contributed by atoms with Crippen LogP contribution in [-0.4, -0.2) is 51.7 Å². The summed E-state index contributed by atoms with van der Waals surface area (Å²) in [6.45, 7) is 3.57. The van der Waals surface area contributed by atoms with Crippen molar-refractivity contribution in [3.8, 4) is 0 Å². The van der Waals surface area contributed by atoms with Gasteiger partial charge >= 0.3 is 0 Å². The van der Waals surface area contributed by atoms with Crippen molar-refractivity contribution in [1.29, 1.82) is 0 Å². The average molecular weight is 241 g/mol. The molecule has 2 saturated heterocycles. The lowest BCUT2D eigenvalue weighted by Crippen LogP contribution is -2.63. The van der Waals surface area contributed by atoms with Crippen LogP contribution in [0, 0.1) is 11.8 Å². The highest BCUT2D eigenvalue weighted by molar-refractivity contribution is 5.06. The van der Waals surface area contributed by atoms with Crippen molar-refractivity contribution in [3.63, 3.8) is 0 Å². The highest BCUT2D eigenvalue weighted by Gasteiger charge is 2.53. The summed E-state index contributed by atoms with van der Waals surface area (Å²) in [4.78, 5) is 0. The van der Waals surface area contributed by atoms with Crippen LogP contribution in [-0.2, 0) is 14.2 Å². The molecule has 0 aromatic heterocycles. The molecule has 3 fully saturated rings. The van der Waals surface area contributed by atoms with Gasteiger partial charge < -0.3 is 19.5 Å². The standard InChI is InChI=1S/C13H23NO3/c1-15-8-11-12(10-4-7-17-13(10)11)14-9-2-5-16-6-3-9/h9-14H,2-8H2,1H3/t10-,11+,12+,13-/m0/s1. The molecule has 0 aromatic carbocycles. The molecule has 1 saturated carbocycles. The first-order chi connectivity index (χ1) is 8.40. The summed E-state index contributed by atoms with van der Waals surface area (Å²) in [7, 11) is 1.79. The Morgan fingerprint density at radius 3 is 2.76 bits per heavy atom. The Hall–Kier alpha value is -0.160. The molecule has 0 bridgehead atoms. The molecular formula is C13H23NO3. The Labute approximate surface area is 103 Å². The first kappa shape index (κ1) is 11.9. The minimum absolute atomic E-state index is 0.451. The van der Waals surface area contributed by atoms with Crippen molar-refractivity contribution < 1.29 is 14.2 Å². The van der Waals surface area contributed by atoms with Crippen LogP contribution < -0.4 is 5.32 Å². The van der Waals surface area contributed by atoms with Crippen LogP contribution in [0.2, 0.25) is 0 Å². The second kappa shape index (κ2) is 5.22. The van der Waals surface area contributed by atoms with Crippen LogP contribution in [0.3, 0.4) is 0 Å². The van der Waals surface area contributed by atoms with Crippen molar-refractivity contribution in [2.45, 2.75) is 37.5 Å². The van der Waals surface area contributed by atoms with Gasteiger partial charge in [-0.3, -0.25) is 0 Å². The molecule has 2 heterocycles. The third kappa shape index (κ3) is 2.24. The zero-order valence-corrected chi connectivity index (χ0v) is 10.6. The second-order valence-corrected chi connectivity index (χ2v) is 5.49. The van der Waals surface area contributed by atoms with Gasteiger partial charge in [0.1, 0.15) is 0 Å². The molecule has 0 amide bonds. The van der Waals surface area contributed by atoms with Crippen molar-refractivity contribution in [3.05, 3.63) is 0 Å². The number of nitrogens with one attached hydrogen (secondary N) is 1. The van der Waals surface area contributed by atoms with E-state index in [0.717, 1.165) is 45.2 Å². The molecular weight excluding hydrogens is 218 g/mol. The molecule has 3 rings (SSSR count). The molecule has 3 aliphatic rings. The van der Waals surface area contributed by atoms with E-state index in [9.17, 15) is 0 Å². The molecule has 0 unspecified atom stereocenters. The van der Waals surface area contributed by atoms with Crippen LogP contribution in [0.5, 0.6) is 0 Å². The number of hydrogen-bond acceptors (Lipinski definition) is 4. The smallest absolute Gasteiger partial charge is 0.0684 e. The van der Waals surface area contributed by atoms with Crippen molar-refractivity contribution in [2.24, 2.45) is 11.8 Å². The quantitative estimate of drug-likeness (QED) is 0.790. The van der Waals surface area contributed by atoms with Gasteiger partial charge in [0.2, 0.25) is 0 Å². The molecule has 4 nitrogen and oxygen atoms in total. The predicted molar refractivity (Wildman–Crippen MR) is 64.0 cm³/mol. The normalized spacial score (nSPS) is 42.2. The summed E-state index contributed by atoms with van der Waals surface area (Å²) in [5, 5.41) is 3.82. The molecule has 4 heteroatoms. The molecule has 2 aliphatic heterocycles. The maximum absolute atomic E-state index is 5.79. The Morgan fingerprint density at radius 2 is 2.00 bits per heavy atom. The van der Waals surface area contributed by atoms with Gasteiger partial charge in [-0.15, -0.1) is 0 Å². The fourth-order valence-electron chi connectivity index (χ4n) is 3.60. The molecule has 0 radical (unpaired) electrons. The van der Waals surface area contributed by atoms with Gasteiger partial charge in [-0.1, -0.05) is 0 Å². The molecule has 0 aromatic rings. The van der Waals surface area contributed by atoms with Gasteiger partial charge in [-0.25, -0.2) is 0 Å². The summed E-state index contributed by atoms with van der Waals surface area (Å²) in [6, 6.07) is 1.24. The van der Waals surface area contributed by atoms with Crippen LogP contribution in [0.1, 0.15) is 19.3 Å². The van der Waals surface area contributed by atoms with Gasteiger partial charge in [0.25, 0.3) is 0 Å². The maximum atomic E-state index is 5.79. The average Bonchev–Trinajstić information content (AvgIpc) is 2.79. The van der Waals surface area contributed by atoms with E-state index in [1.807, 2.05) is 0 Å². The van der Waals surface area contributed by atoms with E-state index in [1.54, 1.807) is 7.11 Å². The number of fused-ring (bicyclic) bond motifs is 1. The van der Waals surface area contributed by atoms with E-state index in [2.05, 4.69) is 5.32 Å². The lowest BCUT2D eigenvalue weighted by atomic mass is 9.67. The van der Waals surface area contributed by atoms with E-state index in [-0.39, 0.29) is 0 Å². The topological polar surface area (TPSA) is 39.7 Å². The highest BCUT2D eigenvalue weighted by atomic mass is 16.5. The number of rotatable bonds is 4. The Bertz CT molecular complexity index is 255. The van der Waals surface area contributed by atoms with Crippen molar-refractivity contribution >= 4 is 0 Å². The summed E-state index contributed by atoms with van der Waals surface area (Å²) in [6.07, 6.45) is 3.96. The largest absolute Gasteiger partial charge is 0.384 e. The van der Waals surface area contributed by atoms with E-state index in [0.29, 0.717) is 24.1 Å². The molecule has 4 atom stereocenters. The number of ether oxygens (including phenoxy) is 3. The minimum atomic E-state index is 0.451. The van der Waals surface area contributed by atoms with E-state index in [4.69, 9.17) is 14.2 Å². The van der Waals surface area contributed by atoms with Crippen LogP contribution in [0.4, 0.5) is 0 Å². The zero-order valence-electron chi connectivity index (χ0n) is 10.6. The van der Waals surface area contributed by atoms with Gasteiger partial charge in [0.15, 0.2) is 0 Å². The lowest BCUT2D eigenvalue weighted by molar-refractivity contribution is -0.0897. The third-order valence-electron chi connectivity index (χ3n) is 4.54. The monoisotopic (exact) mass is 241 g/mol. The fourth-order valence-corrected chi connectivity index (χ4v) is 3.60. The maximum Gasteiger partial charge on any atom is 0.0684 e. The van der Waals surface area contributed by atoms with Crippen molar-refractivity contribution in [1.82, 2.24) is 5.32 Å². The summed E-state index contributed by atoms with van der Waals surface area (Å²) < 4.78 is 16.5. The summed E-state index contributed by atoms with van der Waals surface area (Å²) in [5.74, 6) is 1.27. The number of hydrogen-bond donors (Lipinski definition) is 1. The molecule has 1 N–H and O–H groups in total. The van der Waals surface area contributed by atoms with Gasteiger partial charge in [0.05, 0.1) is 12.7 Å². The Balaban J connectivity index is 1.56. The van der Waals surface area contributed by atoms with Gasteiger partial charge in [-0.05, 0) is 19.3 Å². The molecule has 1 aliphatic carbocycles. The van der Waals surface area contributed by atoms with Crippen molar-refractivity contribution in [2.75, 3.05) is 33.5 Å². The van der Waals surface area contributed by atoms with Gasteiger partial charge in [-0.2, -0.15) is 0 Å². The highest BCUT2D eigenvalue weighted by Crippen LogP contribution is 2.44. The Kier molecular flexibility index (Phi) is 3.66. The lowest BCUT2D eigenvalue weighted by Gasteiger charge is -2.49. The van der Waals surface area contributed by atoms with Crippen LogP contribution >= 0.6 is 0 Å². The van der Waals surface area contributed by atoms with Crippen LogP contribution in [0.15, 0.2) is 0 Å². The predicted octanol–water partition coefficient (Wildman–Crippen LogP) is 0.805. The first-order valence-corrected chi connectivity index (χ1v) is 6.84.